The van der Waals surface area contributed by atoms with Crippen molar-refractivity contribution in [3.8, 4) is 0 Å². The lowest BCUT2D eigenvalue weighted by Gasteiger charge is -2.21. The SMILES string of the molecule is CCN(CCc1ccncc1)C(=O)CCc1c(C)nn(C)c1C. The van der Waals surface area contributed by atoms with Crippen molar-refractivity contribution in [1.82, 2.24) is 19.7 Å². The van der Waals surface area contributed by atoms with E-state index in [1.54, 1.807) is 12.4 Å². The number of hydrogen-bond acceptors (Lipinski definition) is 3. The van der Waals surface area contributed by atoms with Crippen LogP contribution in [0, 0.1) is 13.8 Å². The van der Waals surface area contributed by atoms with E-state index in [2.05, 4.69) is 17.0 Å². The molecule has 0 atom stereocenters. The summed E-state index contributed by atoms with van der Waals surface area (Å²) in [5.74, 6) is 0.212. The summed E-state index contributed by atoms with van der Waals surface area (Å²) in [6.45, 7) is 7.60. The first-order valence-electron chi connectivity index (χ1n) is 8.18. The molecule has 2 rings (SSSR count). The van der Waals surface area contributed by atoms with Crippen LogP contribution in [-0.4, -0.2) is 38.7 Å². The van der Waals surface area contributed by atoms with Crippen LogP contribution < -0.4 is 0 Å². The second-order valence-electron chi connectivity index (χ2n) is 5.85. The summed E-state index contributed by atoms with van der Waals surface area (Å²) in [5, 5.41) is 4.42. The highest BCUT2D eigenvalue weighted by atomic mass is 16.2. The van der Waals surface area contributed by atoms with E-state index in [1.807, 2.05) is 42.6 Å². The van der Waals surface area contributed by atoms with Crippen LogP contribution in [-0.2, 0) is 24.7 Å². The van der Waals surface area contributed by atoms with Crippen LogP contribution in [0.25, 0.3) is 0 Å². The third kappa shape index (κ3) is 4.41. The first-order valence-corrected chi connectivity index (χ1v) is 8.18. The molecule has 0 saturated carbocycles. The van der Waals surface area contributed by atoms with Gasteiger partial charge < -0.3 is 4.90 Å². The Bertz CT molecular complexity index is 649. The molecule has 0 saturated heterocycles. The topological polar surface area (TPSA) is 51.0 Å². The second-order valence-corrected chi connectivity index (χ2v) is 5.85. The molecule has 124 valence electrons. The molecule has 0 fully saturated rings. The van der Waals surface area contributed by atoms with Gasteiger partial charge in [-0.1, -0.05) is 0 Å². The number of pyridine rings is 1. The predicted molar refractivity (Wildman–Crippen MR) is 91.2 cm³/mol. The highest BCUT2D eigenvalue weighted by Crippen LogP contribution is 2.15. The highest BCUT2D eigenvalue weighted by molar-refractivity contribution is 5.76. The van der Waals surface area contributed by atoms with Crippen molar-refractivity contribution in [3.63, 3.8) is 0 Å². The van der Waals surface area contributed by atoms with Crippen LogP contribution in [0.4, 0.5) is 0 Å². The van der Waals surface area contributed by atoms with Crippen molar-refractivity contribution < 1.29 is 4.79 Å². The van der Waals surface area contributed by atoms with E-state index < -0.39 is 0 Å². The summed E-state index contributed by atoms with van der Waals surface area (Å²) in [4.78, 5) is 18.4. The fourth-order valence-electron chi connectivity index (χ4n) is 2.84. The number of likely N-dealkylation sites (N-methyl/N-ethyl adjacent to an activating group) is 1. The number of rotatable bonds is 7. The maximum Gasteiger partial charge on any atom is 0.222 e. The van der Waals surface area contributed by atoms with Crippen molar-refractivity contribution in [1.29, 1.82) is 0 Å². The predicted octanol–water partition coefficient (Wildman–Crippen LogP) is 2.46. The molecule has 23 heavy (non-hydrogen) atoms. The molecule has 0 radical (unpaired) electrons. The van der Waals surface area contributed by atoms with Gasteiger partial charge in [-0.05, 0) is 56.9 Å². The molecule has 0 aliphatic carbocycles. The Morgan fingerprint density at radius 3 is 2.48 bits per heavy atom. The molecule has 0 aliphatic heterocycles. The van der Waals surface area contributed by atoms with Gasteiger partial charge >= 0.3 is 0 Å². The number of aryl methyl sites for hydroxylation is 2. The molecule has 0 spiro atoms. The molecule has 2 heterocycles. The van der Waals surface area contributed by atoms with Crippen LogP contribution in [0.15, 0.2) is 24.5 Å². The minimum absolute atomic E-state index is 0.212. The number of amides is 1. The Hall–Kier alpha value is -2.17. The fraction of sp³-hybridized carbons (Fsp3) is 0.500. The Morgan fingerprint density at radius 1 is 1.22 bits per heavy atom. The maximum absolute atomic E-state index is 12.5. The van der Waals surface area contributed by atoms with Gasteiger partial charge in [-0.3, -0.25) is 14.5 Å². The lowest BCUT2D eigenvalue weighted by Crippen LogP contribution is -2.33. The maximum atomic E-state index is 12.5. The van der Waals surface area contributed by atoms with Crippen LogP contribution >= 0.6 is 0 Å². The van der Waals surface area contributed by atoms with Crippen molar-refractivity contribution in [2.45, 2.75) is 40.0 Å². The smallest absolute Gasteiger partial charge is 0.222 e. The Labute approximate surface area is 138 Å². The van der Waals surface area contributed by atoms with Crippen LogP contribution in [0.5, 0.6) is 0 Å². The van der Waals surface area contributed by atoms with Crippen LogP contribution in [0.3, 0.4) is 0 Å². The van der Waals surface area contributed by atoms with E-state index in [1.165, 1.54) is 11.1 Å². The van der Waals surface area contributed by atoms with Crippen LogP contribution in [0.2, 0.25) is 0 Å². The van der Waals surface area contributed by atoms with Gasteiger partial charge in [0, 0.05) is 44.6 Å². The highest BCUT2D eigenvalue weighted by Gasteiger charge is 2.15. The molecule has 0 N–H and O–H groups in total. The molecule has 0 unspecified atom stereocenters. The third-order valence-corrected chi connectivity index (χ3v) is 4.40. The summed E-state index contributed by atoms with van der Waals surface area (Å²) in [7, 11) is 1.95. The first-order chi connectivity index (χ1) is 11.0. The van der Waals surface area contributed by atoms with Crippen molar-refractivity contribution in [2.75, 3.05) is 13.1 Å². The van der Waals surface area contributed by atoms with Gasteiger partial charge in [-0.2, -0.15) is 5.10 Å². The Kier molecular flexibility index (Phi) is 5.90. The summed E-state index contributed by atoms with van der Waals surface area (Å²) < 4.78 is 1.89. The van der Waals surface area contributed by atoms with E-state index in [4.69, 9.17) is 0 Å². The quantitative estimate of drug-likeness (QED) is 0.789. The summed E-state index contributed by atoms with van der Waals surface area (Å²) in [6.07, 6.45) is 5.75. The van der Waals surface area contributed by atoms with E-state index in [-0.39, 0.29) is 5.91 Å². The van der Waals surface area contributed by atoms with E-state index >= 15 is 0 Å². The standard InChI is InChI=1S/C18H26N4O/c1-5-22(13-10-16-8-11-19-12-9-16)18(23)7-6-17-14(2)20-21(4)15(17)3/h8-9,11-12H,5-7,10,13H2,1-4H3. The molecule has 2 aromatic heterocycles. The number of aromatic nitrogens is 3. The lowest BCUT2D eigenvalue weighted by molar-refractivity contribution is -0.130. The molecule has 5 heteroatoms. The summed E-state index contributed by atoms with van der Waals surface area (Å²) >= 11 is 0. The minimum atomic E-state index is 0.212. The molecule has 0 aromatic carbocycles. The van der Waals surface area contributed by atoms with E-state index in [0.717, 1.165) is 37.3 Å². The molecular formula is C18H26N4O. The Balaban J connectivity index is 1.90. The third-order valence-electron chi connectivity index (χ3n) is 4.40. The minimum Gasteiger partial charge on any atom is -0.343 e. The number of hydrogen-bond donors (Lipinski definition) is 0. The molecule has 2 aromatic rings. The Morgan fingerprint density at radius 2 is 1.91 bits per heavy atom. The molecular weight excluding hydrogens is 288 g/mol. The lowest BCUT2D eigenvalue weighted by atomic mass is 10.1. The molecule has 5 nitrogen and oxygen atoms in total. The van der Waals surface area contributed by atoms with Crippen molar-refractivity contribution >= 4 is 5.91 Å². The summed E-state index contributed by atoms with van der Waals surface area (Å²) in [5.41, 5.74) is 4.59. The van der Waals surface area contributed by atoms with Crippen LogP contribution in [0.1, 0.15) is 35.9 Å². The van der Waals surface area contributed by atoms with Gasteiger partial charge in [0.2, 0.25) is 5.91 Å². The zero-order valence-corrected chi connectivity index (χ0v) is 14.5. The van der Waals surface area contributed by atoms with Gasteiger partial charge in [0.15, 0.2) is 0 Å². The van der Waals surface area contributed by atoms with E-state index in [9.17, 15) is 4.79 Å². The summed E-state index contributed by atoms with van der Waals surface area (Å²) in [6, 6.07) is 4.00. The zero-order chi connectivity index (χ0) is 16.8. The fourth-order valence-corrected chi connectivity index (χ4v) is 2.84. The normalized spacial score (nSPS) is 10.8. The molecule has 0 aliphatic rings. The van der Waals surface area contributed by atoms with Gasteiger partial charge in [-0.25, -0.2) is 0 Å². The largest absolute Gasteiger partial charge is 0.343 e. The van der Waals surface area contributed by atoms with E-state index in [0.29, 0.717) is 6.42 Å². The monoisotopic (exact) mass is 314 g/mol. The zero-order valence-electron chi connectivity index (χ0n) is 14.5. The van der Waals surface area contributed by atoms with Gasteiger partial charge in [-0.15, -0.1) is 0 Å². The number of carbonyl (C=O) groups excluding carboxylic acids is 1. The molecule has 0 bridgehead atoms. The second kappa shape index (κ2) is 7.90. The van der Waals surface area contributed by atoms with Crippen molar-refractivity contribution in [3.05, 3.63) is 47.0 Å². The van der Waals surface area contributed by atoms with Gasteiger partial charge in [0.05, 0.1) is 5.69 Å². The average molecular weight is 314 g/mol. The van der Waals surface area contributed by atoms with Gasteiger partial charge in [0.1, 0.15) is 0 Å². The average Bonchev–Trinajstić information content (AvgIpc) is 2.79. The molecule has 1 amide bonds. The first kappa shape index (κ1) is 17.2. The van der Waals surface area contributed by atoms with Crippen molar-refractivity contribution in [2.24, 2.45) is 7.05 Å². The number of carbonyl (C=O) groups is 1. The number of nitrogens with zero attached hydrogens (tertiary/aromatic N) is 4. The van der Waals surface area contributed by atoms with Gasteiger partial charge in [0.25, 0.3) is 0 Å².